The van der Waals surface area contributed by atoms with Crippen molar-refractivity contribution in [3.63, 3.8) is 0 Å². The number of nitrogens with zero attached hydrogens (tertiary/aromatic N) is 1. The third-order valence-corrected chi connectivity index (χ3v) is 3.94. The Hall–Kier alpha value is -0.905. The highest BCUT2D eigenvalue weighted by molar-refractivity contribution is 6.59. The molecule has 1 aromatic carbocycles. The van der Waals surface area contributed by atoms with Crippen LogP contribution in [0.3, 0.4) is 0 Å². The van der Waals surface area contributed by atoms with Crippen molar-refractivity contribution in [3.8, 4) is 0 Å². The van der Waals surface area contributed by atoms with Crippen LogP contribution in [0.1, 0.15) is 32.3 Å². The third kappa shape index (κ3) is 3.35. The Morgan fingerprint density at radius 3 is 2.79 bits per heavy atom. The van der Waals surface area contributed by atoms with E-state index in [1.165, 1.54) is 25.0 Å². The van der Waals surface area contributed by atoms with Gasteiger partial charge in [0.1, 0.15) is 5.82 Å². The Morgan fingerprint density at radius 2 is 2.16 bits per heavy atom. The van der Waals surface area contributed by atoms with Crippen LogP contribution >= 0.6 is 0 Å². The Labute approximate surface area is 114 Å². The summed E-state index contributed by atoms with van der Waals surface area (Å²) in [6.07, 6.45) is 2.34. The Morgan fingerprint density at radius 1 is 1.42 bits per heavy atom. The van der Waals surface area contributed by atoms with E-state index in [0.29, 0.717) is 18.5 Å². The number of halogens is 1. The van der Waals surface area contributed by atoms with Crippen LogP contribution in [0.2, 0.25) is 0 Å². The van der Waals surface area contributed by atoms with Crippen LogP contribution in [0, 0.1) is 11.7 Å². The number of benzene rings is 1. The number of hydrogen-bond donors (Lipinski definition) is 2. The van der Waals surface area contributed by atoms with Gasteiger partial charge in [0.15, 0.2) is 0 Å². The fraction of sp³-hybridized carbons (Fsp3) is 0.571. The molecule has 0 bridgehead atoms. The summed E-state index contributed by atoms with van der Waals surface area (Å²) in [6.45, 7) is 6.07. The summed E-state index contributed by atoms with van der Waals surface area (Å²) in [5.74, 6) is 0.138. The average Bonchev–Trinajstić information content (AvgIpc) is 2.79. The quantitative estimate of drug-likeness (QED) is 0.802. The molecule has 3 nitrogen and oxygen atoms in total. The van der Waals surface area contributed by atoms with Gasteiger partial charge in [-0.1, -0.05) is 19.9 Å². The molecule has 104 valence electrons. The van der Waals surface area contributed by atoms with Gasteiger partial charge < -0.3 is 10.0 Å². The molecule has 1 atom stereocenters. The molecule has 0 aliphatic carbocycles. The molecule has 0 aromatic heterocycles. The molecule has 2 N–H and O–H groups in total. The molecule has 0 spiro atoms. The van der Waals surface area contributed by atoms with E-state index in [-0.39, 0.29) is 5.46 Å². The van der Waals surface area contributed by atoms with E-state index in [1.807, 2.05) is 0 Å². The summed E-state index contributed by atoms with van der Waals surface area (Å²) >= 11 is 0. The van der Waals surface area contributed by atoms with Gasteiger partial charge in [0.2, 0.25) is 0 Å². The van der Waals surface area contributed by atoms with Gasteiger partial charge >= 0.3 is 7.12 Å². The zero-order valence-corrected chi connectivity index (χ0v) is 11.5. The fourth-order valence-corrected chi connectivity index (χ4v) is 2.97. The van der Waals surface area contributed by atoms with Crippen molar-refractivity contribution in [2.45, 2.75) is 39.3 Å². The maximum atomic E-state index is 13.2. The highest BCUT2D eigenvalue weighted by Gasteiger charge is 2.28. The largest absolute Gasteiger partial charge is 0.488 e. The standard InChI is InChI=1S/C14H21BFNO2/c1-10(2)14-4-3-7-17(14)9-11-5-6-12(16)8-13(11)15(18)19/h5-6,8,10,14,18-19H,3-4,7,9H2,1-2H3. The first-order valence-electron chi connectivity index (χ1n) is 6.87. The van der Waals surface area contributed by atoms with Gasteiger partial charge in [-0.2, -0.15) is 0 Å². The van der Waals surface area contributed by atoms with Crippen molar-refractivity contribution in [1.82, 2.24) is 4.90 Å². The molecule has 0 amide bonds. The summed E-state index contributed by atoms with van der Waals surface area (Å²) < 4.78 is 13.2. The van der Waals surface area contributed by atoms with Crippen molar-refractivity contribution in [3.05, 3.63) is 29.6 Å². The van der Waals surface area contributed by atoms with Gasteiger partial charge in [0.05, 0.1) is 0 Å². The van der Waals surface area contributed by atoms with Crippen molar-refractivity contribution in [2.24, 2.45) is 5.92 Å². The number of likely N-dealkylation sites (tertiary alicyclic amines) is 1. The SMILES string of the molecule is CC(C)C1CCCN1Cc1ccc(F)cc1B(O)O. The minimum atomic E-state index is -1.62. The lowest BCUT2D eigenvalue weighted by Crippen LogP contribution is -2.38. The van der Waals surface area contributed by atoms with Crippen LogP contribution in [0.4, 0.5) is 4.39 Å². The topological polar surface area (TPSA) is 43.7 Å². The first-order valence-corrected chi connectivity index (χ1v) is 6.87. The third-order valence-electron chi connectivity index (χ3n) is 3.94. The number of rotatable bonds is 4. The van der Waals surface area contributed by atoms with Crippen molar-refractivity contribution >= 4 is 12.6 Å². The molecular weight excluding hydrogens is 244 g/mol. The summed E-state index contributed by atoms with van der Waals surface area (Å²) in [4.78, 5) is 2.35. The zero-order chi connectivity index (χ0) is 14.0. The summed E-state index contributed by atoms with van der Waals surface area (Å²) in [5, 5.41) is 18.7. The average molecular weight is 265 g/mol. The van der Waals surface area contributed by atoms with Crippen LogP contribution in [-0.2, 0) is 6.54 Å². The van der Waals surface area contributed by atoms with Crippen LogP contribution in [0.15, 0.2) is 18.2 Å². The van der Waals surface area contributed by atoms with E-state index in [0.717, 1.165) is 12.1 Å². The van der Waals surface area contributed by atoms with Gasteiger partial charge in [-0.05, 0) is 48.5 Å². The molecule has 19 heavy (non-hydrogen) atoms. The van der Waals surface area contributed by atoms with E-state index in [1.54, 1.807) is 6.07 Å². The summed E-state index contributed by atoms with van der Waals surface area (Å²) in [7, 11) is -1.62. The lowest BCUT2D eigenvalue weighted by Gasteiger charge is -2.28. The minimum absolute atomic E-state index is 0.273. The number of hydrogen-bond acceptors (Lipinski definition) is 3. The Balaban J connectivity index is 2.19. The molecule has 1 aliphatic rings. The van der Waals surface area contributed by atoms with Gasteiger partial charge in [0.25, 0.3) is 0 Å². The molecule has 1 unspecified atom stereocenters. The second kappa shape index (κ2) is 6.03. The van der Waals surface area contributed by atoms with E-state index < -0.39 is 12.9 Å². The maximum absolute atomic E-state index is 13.2. The fourth-order valence-electron chi connectivity index (χ4n) is 2.97. The van der Waals surface area contributed by atoms with Crippen molar-refractivity contribution < 1.29 is 14.4 Å². The smallest absolute Gasteiger partial charge is 0.423 e. The van der Waals surface area contributed by atoms with Crippen LogP contribution in [0.25, 0.3) is 0 Å². The highest BCUT2D eigenvalue weighted by atomic mass is 19.1. The summed E-state index contributed by atoms with van der Waals surface area (Å²) in [6, 6.07) is 4.76. The molecule has 1 fully saturated rings. The Kier molecular flexibility index (Phi) is 4.60. The normalized spacial score (nSPS) is 20.2. The van der Waals surface area contributed by atoms with Gasteiger partial charge in [-0.3, -0.25) is 4.90 Å². The molecule has 0 radical (unpaired) electrons. The second-order valence-electron chi connectivity index (χ2n) is 5.64. The first-order chi connectivity index (χ1) is 8.99. The van der Waals surface area contributed by atoms with Crippen molar-refractivity contribution in [2.75, 3.05) is 6.54 Å². The minimum Gasteiger partial charge on any atom is -0.423 e. The van der Waals surface area contributed by atoms with Crippen LogP contribution < -0.4 is 5.46 Å². The molecular formula is C14H21BFNO2. The van der Waals surface area contributed by atoms with Crippen LogP contribution in [-0.4, -0.2) is 34.7 Å². The van der Waals surface area contributed by atoms with E-state index >= 15 is 0 Å². The first kappa shape index (κ1) is 14.5. The van der Waals surface area contributed by atoms with E-state index in [4.69, 9.17) is 0 Å². The van der Waals surface area contributed by atoms with Gasteiger partial charge in [-0.25, -0.2) is 4.39 Å². The molecule has 1 aromatic rings. The molecule has 1 saturated heterocycles. The highest BCUT2D eigenvalue weighted by Crippen LogP contribution is 2.25. The predicted octanol–water partition coefficient (Wildman–Crippen LogP) is 1.13. The molecule has 0 saturated carbocycles. The molecule has 1 aliphatic heterocycles. The lowest BCUT2D eigenvalue weighted by molar-refractivity contribution is 0.199. The van der Waals surface area contributed by atoms with Gasteiger partial charge in [-0.15, -0.1) is 0 Å². The van der Waals surface area contributed by atoms with Crippen LogP contribution in [0.5, 0.6) is 0 Å². The lowest BCUT2D eigenvalue weighted by atomic mass is 9.76. The molecule has 5 heteroatoms. The zero-order valence-electron chi connectivity index (χ0n) is 11.5. The monoisotopic (exact) mass is 265 g/mol. The Bertz CT molecular complexity index is 439. The predicted molar refractivity (Wildman–Crippen MR) is 74.5 cm³/mol. The van der Waals surface area contributed by atoms with E-state index in [2.05, 4.69) is 18.7 Å². The van der Waals surface area contributed by atoms with E-state index in [9.17, 15) is 14.4 Å². The van der Waals surface area contributed by atoms with Gasteiger partial charge in [0, 0.05) is 12.6 Å². The maximum Gasteiger partial charge on any atom is 0.488 e. The van der Waals surface area contributed by atoms with Crippen molar-refractivity contribution in [1.29, 1.82) is 0 Å². The summed E-state index contributed by atoms with van der Waals surface area (Å²) in [5.41, 5.74) is 1.07. The molecule has 2 rings (SSSR count). The molecule has 1 heterocycles. The second-order valence-corrected chi connectivity index (χ2v) is 5.64.